The van der Waals surface area contributed by atoms with Gasteiger partial charge in [0.2, 0.25) is 5.91 Å². The van der Waals surface area contributed by atoms with Crippen LogP contribution < -0.4 is 5.73 Å². The van der Waals surface area contributed by atoms with Crippen LogP contribution in [0, 0.1) is 5.92 Å². The zero-order valence-corrected chi connectivity index (χ0v) is 14.0. The van der Waals surface area contributed by atoms with Crippen LogP contribution >= 0.6 is 28.3 Å². The molecule has 19 heavy (non-hydrogen) atoms. The minimum absolute atomic E-state index is 0. The van der Waals surface area contributed by atoms with Crippen molar-refractivity contribution in [1.82, 2.24) is 4.90 Å². The van der Waals surface area contributed by atoms with Crippen LogP contribution in [-0.2, 0) is 11.3 Å². The first kappa shape index (κ1) is 18.4. The second-order valence-electron chi connectivity index (χ2n) is 4.83. The fourth-order valence-electron chi connectivity index (χ4n) is 1.73. The SMILES string of the molecule is CC(CN)C(=O)N(Cc1cccc(Br)c1)C(C)C.Cl. The van der Waals surface area contributed by atoms with Crippen molar-refractivity contribution in [3.8, 4) is 0 Å². The molecule has 0 saturated carbocycles. The van der Waals surface area contributed by atoms with Gasteiger partial charge in [-0.05, 0) is 31.5 Å². The van der Waals surface area contributed by atoms with Gasteiger partial charge >= 0.3 is 0 Å². The largest absolute Gasteiger partial charge is 0.336 e. The van der Waals surface area contributed by atoms with Crippen molar-refractivity contribution >= 4 is 34.2 Å². The predicted molar refractivity (Wildman–Crippen MR) is 85.3 cm³/mol. The Labute approximate surface area is 130 Å². The minimum Gasteiger partial charge on any atom is -0.336 e. The molecule has 5 heteroatoms. The highest BCUT2D eigenvalue weighted by Gasteiger charge is 2.21. The van der Waals surface area contributed by atoms with E-state index in [1.165, 1.54) is 0 Å². The Morgan fingerprint density at radius 3 is 2.47 bits per heavy atom. The summed E-state index contributed by atoms with van der Waals surface area (Å²) in [6.45, 7) is 6.94. The number of hydrogen-bond acceptors (Lipinski definition) is 2. The third-order valence-electron chi connectivity index (χ3n) is 2.92. The van der Waals surface area contributed by atoms with Gasteiger partial charge < -0.3 is 10.6 Å². The van der Waals surface area contributed by atoms with Gasteiger partial charge in [-0.3, -0.25) is 4.79 Å². The summed E-state index contributed by atoms with van der Waals surface area (Å²) in [6, 6.07) is 8.20. The number of carbonyl (C=O) groups is 1. The normalized spacial score (nSPS) is 11.9. The van der Waals surface area contributed by atoms with Crippen LogP contribution in [0.5, 0.6) is 0 Å². The molecule has 0 bridgehead atoms. The van der Waals surface area contributed by atoms with E-state index in [2.05, 4.69) is 15.9 Å². The van der Waals surface area contributed by atoms with Crippen molar-refractivity contribution in [2.24, 2.45) is 11.7 Å². The van der Waals surface area contributed by atoms with Crippen molar-refractivity contribution in [3.63, 3.8) is 0 Å². The van der Waals surface area contributed by atoms with Crippen LogP contribution in [0.25, 0.3) is 0 Å². The van der Waals surface area contributed by atoms with Gasteiger partial charge in [-0.2, -0.15) is 0 Å². The fraction of sp³-hybridized carbons (Fsp3) is 0.500. The molecule has 1 amide bonds. The maximum absolute atomic E-state index is 12.2. The first-order chi connectivity index (χ1) is 8.45. The Morgan fingerprint density at radius 1 is 1.37 bits per heavy atom. The lowest BCUT2D eigenvalue weighted by molar-refractivity contribution is -0.137. The number of carbonyl (C=O) groups excluding carboxylic acids is 1. The van der Waals surface area contributed by atoms with Crippen molar-refractivity contribution < 1.29 is 4.79 Å². The van der Waals surface area contributed by atoms with Crippen molar-refractivity contribution in [2.45, 2.75) is 33.4 Å². The number of hydrogen-bond donors (Lipinski definition) is 1. The Morgan fingerprint density at radius 2 is 2.00 bits per heavy atom. The molecule has 0 heterocycles. The molecule has 1 unspecified atom stereocenters. The molecule has 0 aromatic heterocycles. The summed E-state index contributed by atoms with van der Waals surface area (Å²) in [5, 5.41) is 0. The summed E-state index contributed by atoms with van der Waals surface area (Å²) in [4.78, 5) is 14.1. The molecule has 0 radical (unpaired) electrons. The number of rotatable bonds is 5. The molecule has 2 N–H and O–H groups in total. The van der Waals surface area contributed by atoms with Crippen LogP contribution in [0.15, 0.2) is 28.7 Å². The molecular weight excluding hydrogens is 328 g/mol. The lowest BCUT2D eigenvalue weighted by Gasteiger charge is -2.29. The van der Waals surface area contributed by atoms with Crippen molar-refractivity contribution in [1.29, 1.82) is 0 Å². The Kier molecular flexibility index (Phi) is 8.30. The van der Waals surface area contributed by atoms with Gasteiger partial charge in [0.1, 0.15) is 0 Å². The monoisotopic (exact) mass is 348 g/mol. The highest BCUT2D eigenvalue weighted by molar-refractivity contribution is 9.10. The summed E-state index contributed by atoms with van der Waals surface area (Å²) < 4.78 is 1.03. The van der Waals surface area contributed by atoms with Crippen molar-refractivity contribution in [3.05, 3.63) is 34.3 Å². The van der Waals surface area contributed by atoms with Crippen LogP contribution in [0.4, 0.5) is 0 Å². The molecular formula is C14H22BrClN2O. The van der Waals surface area contributed by atoms with E-state index in [0.29, 0.717) is 13.1 Å². The van der Waals surface area contributed by atoms with Crippen LogP contribution in [-0.4, -0.2) is 23.4 Å². The van der Waals surface area contributed by atoms with E-state index in [1.54, 1.807) is 0 Å². The Balaban J connectivity index is 0.00000324. The first-order valence-corrected chi connectivity index (χ1v) is 7.00. The molecule has 1 atom stereocenters. The average molecular weight is 350 g/mol. The summed E-state index contributed by atoms with van der Waals surface area (Å²) in [6.07, 6.45) is 0. The molecule has 108 valence electrons. The Bertz CT molecular complexity index is 412. The number of nitrogens with zero attached hydrogens (tertiary/aromatic N) is 1. The lowest BCUT2D eigenvalue weighted by atomic mass is 10.1. The number of benzene rings is 1. The van der Waals surface area contributed by atoms with Crippen LogP contribution in [0.1, 0.15) is 26.3 Å². The van der Waals surface area contributed by atoms with Gasteiger partial charge in [0, 0.05) is 29.5 Å². The second-order valence-corrected chi connectivity index (χ2v) is 5.74. The lowest BCUT2D eigenvalue weighted by Crippen LogP contribution is -2.41. The molecule has 0 aliphatic heterocycles. The van der Waals surface area contributed by atoms with Gasteiger partial charge in [-0.25, -0.2) is 0 Å². The van der Waals surface area contributed by atoms with E-state index in [4.69, 9.17) is 5.73 Å². The zero-order chi connectivity index (χ0) is 13.7. The van der Waals surface area contributed by atoms with Gasteiger partial charge in [0.25, 0.3) is 0 Å². The van der Waals surface area contributed by atoms with Crippen molar-refractivity contribution in [2.75, 3.05) is 6.54 Å². The molecule has 1 aromatic carbocycles. The van der Waals surface area contributed by atoms with Crippen LogP contribution in [0.3, 0.4) is 0 Å². The third kappa shape index (κ3) is 5.51. The maximum Gasteiger partial charge on any atom is 0.227 e. The summed E-state index contributed by atoms with van der Waals surface area (Å²) in [5.74, 6) is -0.00738. The molecule has 3 nitrogen and oxygen atoms in total. The molecule has 0 aliphatic rings. The summed E-state index contributed by atoms with van der Waals surface area (Å²) >= 11 is 3.45. The molecule has 1 rings (SSSR count). The minimum atomic E-state index is -0.125. The average Bonchev–Trinajstić information content (AvgIpc) is 2.34. The third-order valence-corrected chi connectivity index (χ3v) is 3.42. The summed E-state index contributed by atoms with van der Waals surface area (Å²) in [5.41, 5.74) is 6.69. The van der Waals surface area contributed by atoms with Gasteiger partial charge in [-0.15, -0.1) is 12.4 Å². The quantitative estimate of drug-likeness (QED) is 0.887. The number of halogens is 2. The van der Waals surface area contributed by atoms with E-state index in [0.717, 1.165) is 10.0 Å². The van der Waals surface area contributed by atoms with Crippen LogP contribution in [0.2, 0.25) is 0 Å². The number of nitrogens with two attached hydrogens (primary N) is 1. The number of amides is 1. The predicted octanol–water partition coefficient (Wildman–Crippen LogP) is 3.20. The summed E-state index contributed by atoms with van der Waals surface area (Å²) in [7, 11) is 0. The topological polar surface area (TPSA) is 46.3 Å². The highest BCUT2D eigenvalue weighted by atomic mass is 79.9. The molecule has 0 spiro atoms. The van der Waals surface area contributed by atoms with Gasteiger partial charge in [0.05, 0.1) is 0 Å². The molecule has 0 fully saturated rings. The highest BCUT2D eigenvalue weighted by Crippen LogP contribution is 2.16. The standard InChI is InChI=1S/C14H21BrN2O.ClH/c1-10(2)17(14(18)11(3)8-16)9-12-5-4-6-13(15)7-12;/h4-7,10-11H,8-9,16H2,1-3H3;1H. The second kappa shape index (κ2) is 8.56. The van der Waals surface area contributed by atoms with E-state index in [9.17, 15) is 4.79 Å². The van der Waals surface area contributed by atoms with E-state index >= 15 is 0 Å². The smallest absolute Gasteiger partial charge is 0.227 e. The molecule has 0 aliphatic carbocycles. The molecule has 0 saturated heterocycles. The fourth-order valence-corrected chi connectivity index (χ4v) is 2.18. The van der Waals surface area contributed by atoms with E-state index in [-0.39, 0.29) is 30.3 Å². The zero-order valence-electron chi connectivity index (χ0n) is 11.6. The first-order valence-electron chi connectivity index (χ1n) is 6.20. The Hall–Kier alpha value is -0.580. The van der Waals surface area contributed by atoms with E-state index in [1.807, 2.05) is 49.9 Å². The maximum atomic E-state index is 12.2. The van der Waals surface area contributed by atoms with E-state index < -0.39 is 0 Å². The van der Waals surface area contributed by atoms with Gasteiger partial charge in [-0.1, -0.05) is 35.0 Å². The van der Waals surface area contributed by atoms with Gasteiger partial charge in [0.15, 0.2) is 0 Å². The molecule has 1 aromatic rings.